The minimum atomic E-state index is -0.891. The molecule has 0 fully saturated rings. The summed E-state index contributed by atoms with van der Waals surface area (Å²) >= 11 is 2.27. The van der Waals surface area contributed by atoms with Gasteiger partial charge in [-0.2, -0.15) is 5.10 Å². The van der Waals surface area contributed by atoms with Crippen LogP contribution in [0.4, 0.5) is 0 Å². The second-order valence-corrected chi connectivity index (χ2v) is 6.96. The van der Waals surface area contributed by atoms with E-state index in [-0.39, 0.29) is 0 Å². The fraction of sp³-hybridized carbons (Fsp3) is 0.471. The predicted octanol–water partition coefficient (Wildman–Crippen LogP) is 4.30. The Morgan fingerprint density at radius 3 is 2.38 bits per heavy atom. The minimum absolute atomic E-state index is 0.446. The number of halogens is 1. The first-order chi connectivity index (χ1) is 9.96. The van der Waals surface area contributed by atoms with Gasteiger partial charge in [0.15, 0.2) is 0 Å². The molecule has 2 aromatic rings. The summed E-state index contributed by atoms with van der Waals surface area (Å²) in [4.78, 5) is 0. The SMILES string of the molecule is CCC(CC)n1ccc(CC(C)(O)c2ccc(I)cc2)n1. The monoisotopic (exact) mass is 398 g/mol. The molecule has 0 radical (unpaired) electrons. The molecule has 0 aliphatic carbocycles. The van der Waals surface area contributed by atoms with Gasteiger partial charge in [0.1, 0.15) is 0 Å². The highest BCUT2D eigenvalue weighted by Crippen LogP contribution is 2.26. The van der Waals surface area contributed by atoms with Crippen molar-refractivity contribution in [1.29, 1.82) is 0 Å². The van der Waals surface area contributed by atoms with Crippen LogP contribution >= 0.6 is 22.6 Å². The lowest BCUT2D eigenvalue weighted by atomic mass is 9.91. The Morgan fingerprint density at radius 1 is 1.19 bits per heavy atom. The molecule has 0 saturated carbocycles. The zero-order valence-electron chi connectivity index (χ0n) is 12.9. The maximum Gasteiger partial charge on any atom is 0.0924 e. The van der Waals surface area contributed by atoms with Gasteiger partial charge in [-0.15, -0.1) is 0 Å². The maximum absolute atomic E-state index is 10.7. The topological polar surface area (TPSA) is 38.0 Å². The Morgan fingerprint density at radius 2 is 1.81 bits per heavy atom. The van der Waals surface area contributed by atoms with Crippen LogP contribution in [0.3, 0.4) is 0 Å². The smallest absolute Gasteiger partial charge is 0.0924 e. The van der Waals surface area contributed by atoms with E-state index in [4.69, 9.17) is 0 Å². The van der Waals surface area contributed by atoms with Crippen LogP contribution in [-0.4, -0.2) is 14.9 Å². The Balaban J connectivity index is 2.15. The van der Waals surface area contributed by atoms with Gasteiger partial charge in [0.25, 0.3) is 0 Å². The molecule has 2 rings (SSSR count). The van der Waals surface area contributed by atoms with E-state index in [2.05, 4.69) is 41.5 Å². The van der Waals surface area contributed by atoms with Crippen molar-refractivity contribution >= 4 is 22.6 Å². The molecule has 0 aliphatic heterocycles. The summed E-state index contributed by atoms with van der Waals surface area (Å²) in [6, 6.07) is 10.5. The Kier molecular flexibility index (Phi) is 5.43. The first-order valence-corrected chi connectivity index (χ1v) is 8.56. The molecule has 1 N–H and O–H groups in total. The fourth-order valence-electron chi connectivity index (χ4n) is 2.60. The summed E-state index contributed by atoms with van der Waals surface area (Å²) in [6.45, 7) is 6.21. The summed E-state index contributed by atoms with van der Waals surface area (Å²) in [7, 11) is 0. The van der Waals surface area contributed by atoms with Crippen LogP contribution in [0.2, 0.25) is 0 Å². The van der Waals surface area contributed by atoms with Crippen LogP contribution in [-0.2, 0) is 12.0 Å². The van der Waals surface area contributed by atoms with Gasteiger partial charge in [0.2, 0.25) is 0 Å². The van der Waals surface area contributed by atoms with E-state index < -0.39 is 5.60 Å². The van der Waals surface area contributed by atoms with Crippen LogP contribution in [0.5, 0.6) is 0 Å². The molecule has 0 spiro atoms. The third-order valence-corrected chi connectivity index (χ3v) is 4.69. The second kappa shape index (κ2) is 6.92. The average molecular weight is 398 g/mol. The first kappa shape index (κ1) is 16.5. The highest BCUT2D eigenvalue weighted by molar-refractivity contribution is 14.1. The highest BCUT2D eigenvalue weighted by Gasteiger charge is 2.25. The molecule has 1 atom stereocenters. The third kappa shape index (κ3) is 4.07. The standard InChI is InChI=1S/C17H23IN2O/c1-4-16(5-2)20-11-10-15(19-20)12-17(3,21)13-6-8-14(18)9-7-13/h6-11,16,21H,4-5,12H2,1-3H3. The van der Waals surface area contributed by atoms with E-state index in [1.54, 1.807) is 0 Å². The second-order valence-electron chi connectivity index (χ2n) is 5.71. The van der Waals surface area contributed by atoms with Crippen molar-refractivity contribution in [2.24, 2.45) is 0 Å². The number of rotatable bonds is 6. The molecule has 0 amide bonds. The summed E-state index contributed by atoms with van der Waals surface area (Å²) in [5, 5.41) is 15.4. The number of hydrogen-bond acceptors (Lipinski definition) is 2. The average Bonchev–Trinajstić information content (AvgIpc) is 2.88. The van der Waals surface area contributed by atoms with Crippen molar-refractivity contribution < 1.29 is 5.11 Å². The van der Waals surface area contributed by atoms with E-state index in [1.165, 1.54) is 3.57 Å². The summed E-state index contributed by atoms with van der Waals surface area (Å²) in [5.74, 6) is 0. The lowest BCUT2D eigenvalue weighted by Crippen LogP contribution is -2.24. The van der Waals surface area contributed by atoms with Gasteiger partial charge in [-0.1, -0.05) is 26.0 Å². The van der Waals surface area contributed by atoms with Crippen LogP contribution in [0.25, 0.3) is 0 Å². The first-order valence-electron chi connectivity index (χ1n) is 7.48. The minimum Gasteiger partial charge on any atom is -0.385 e. The molecule has 0 saturated heterocycles. The van der Waals surface area contributed by atoms with Crippen molar-refractivity contribution in [2.75, 3.05) is 0 Å². The van der Waals surface area contributed by atoms with Crippen molar-refractivity contribution in [1.82, 2.24) is 9.78 Å². The number of nitrogens with zero attached hydrogens (tertiary/aromatic N) is 2. The lowest BCUT2D eigenvalue weighted by molar-refractivity contribution is 0.0563. The van der Waals surface area contributed by atoms with Gasteiger partial charge in [-0.05, 0) is 66.1 Å². The van der Waals surface area contributed by atoms with Crippen molar-refractivity contribution in [3.63, 3.8) is 0 Å². The molecule has 3 nitrogen and oxygen atoms in total. The molecule has 0 bridgehead atoms. The van der Waals surface area contributed by atoms with Crippen LogP contribution in [0.15, 0.2) is 36.5 Å². The molecule has 0 aliphatic rings. The van der Waals surface area contributed by atoms with Crippen molar-refractivity contribution in [3.05, 3.63) is 51.4 Å². The maximum atomic E-state index is 10.7. The van der Waals surface area contributed by atoms with Crippen LogP contribution < -0.4 is 0 Å². The van der Waals surface area contributed by atoms with Crippen LogP contribution in [0, 0.1) is 3.57 Å². The molecule has 1 aromatic carbocycles. The van der Waals surface area contributed by atoms with E-state index in [9.17, 15) is 5.11 Å². The predicted molar refractivity (Wildman–Crippen MR) is 94.3 cm³/mol. The Bertz CT molecular complexity index is 571. The molecule has 1 heterocycles. The molecular weight excluding hydrogens is 375 g/mol. The summed E-state index contributed by atoms with van der Waals surface area (Å²) < 4.78 is 3.20. The van der Waals surface area contributed by atoms with E-state index in [0.717, 1.165) is 24.1 Å². The zero-order chi connectivity index (χ0) is 15.5. The lowest BCUT2D eigenvalue weighted by Gasteiger charge is -2.23. The number of aromatic nitrogens is 2. The van der Waals surface area contributed by atoms with Crippen LogP contribution in [0.1, 0.15) is 50.9 Å². The van der Waals surface area contributed by atoms with Gasteiger partial charge in [-0.3, -0.25) is 4.68 Å². The molecule has 1 aromatic heterocycles. The normalized spacial score (nSPS) is 14.4. The molecule has 21 heavy (non-hydrogen) atoms. The van der Waals surface area contributed by atoms with Crippen molar-refractivity contribution in [2.45, 2.75) is 51.7 Å². The third-order valence-electron chi connectivity index (χ3n) is 3.97. The Hall–Kier alpha value is -0.880. The van der Waals surface area contributed by atoms with E-state index in [1.807, 2.05) is 48.1 Å². The quantitative estimate of drug-likeness (QED) is 0.737. The summed E-state index contributed by atoms with van der Waals surface area (Å²) in [6.07, 6.45) is 4.70. The zero-order valence-corrected chi connectivity index (χ0v) is 15.0. The van der Waals surface area contributed by atoms with Gasteiger partial charge < -0.3 is 5.11 Å². The van der Waals surface area contributed by atoms with Gasteiger partial charge in [0.05, 0.1) is 17.3 Å². The number of benzene rings is 1. The number of hydrogen-bond donors (Lipinski definition) is 1. The van der Waals surface area contributed by atoms with E-state index >= 15 is 0 Å². The van der Waals surface area contributed by atoms with Gasteiger partial charge in [0, 0.05) is 16.2 Å². The Labute approximate surface area is 140 Å². The highest BCUT2D eigenvalue weighted by atomic mass is 127. The largest absolute Gasteiger partial charge is 0.385 e. The van der Waals surface area contributed by atoms with Crippen molar-refractivity contribution in [3.8, 4) is 0 Å². The van der Waals surface area contributed by atoms with E-state index in [0.29, 0.717) is 12.5 Å². The molecular formula is C17H23IN2O. The molecule has 4 heteroatoms. The van der Waals surface area contributed by atoms with Gasteiger partial charge >= 0.3 is 0 Å². The fourth-order valence-corrected chi connectivity index (χ4v) is 2.96. The number of aliphatic hydroxyl groups is 1. The molecule has 114 valence electrons. The molecule has 1 unspecified atom stereocenters. The summed E-state index contributed by atoms with van der Waals surface area (Å²) in [5.41, 5.74) is 0.975. The van der Waals surface area contributed by atoms with Gasteiger partial charge in [-0.25, -0.2) is 0 Å².